The number of nitrogens with one attached hydrogen (secondary N) is 1. The molecule has 0 fully saturated rings. The Morgan fingerprint density at radius 1 is 1.21 bits per heavy atom. The number of rotatable bonds is 7. The van der Waals surface area contributed by atoms with Crippen molar-refractivity contribution in [2.24, 2.45) is 0 Å². The van der Waals surface area contributed by atoms with E-state index in [0.717, 1.165) is 30.7 Å². The van der Waals surface area contributed by atoms with Gasteiger partial charge < -0.3 is 10.1 Å². The van der Waals surface area contributed by atoms with Crippen molar-refractivity contribution >= 4 is 0 Å². The van der Waals surface area contributed by atoms with Crippen LogP contribution < -0.4 is 5.32 Å². The first kappa shape index (κ1) is 16.0. The van der Waals surface area contributed by atoms with Gasteiger partial charge in [0.05, 0.1) is 5.56 Å². The molecule has 0 aromatic heterocycles. The minimum absolute atomic E-state index is 0.224. The van der Waals surface area contributed by atoms with Gasteiger partial charge in [0.1, 0.15) is 0 Å². The van der Waals surface area contributed by atoms with Crippen LogP contribution in [0.2, 0.25) is 0 Å². The van der Waals surface area contributed by atoms with Gasteiger partial charge in [-0.15, -0.1) is 0 Å². The predicted octanol–water partition coefficient (Wildman–Crippen LogP) is 3.26. The molecule has 1 atom stereocenters. The lowest BCUT2D eigenvalue weighted by molar-refractivity contribution is -0.137. The maximum Gasteiger partial charge on any atom is 0.416 e. The first-order chi connectivity index (χ1) is 8.97. The van der Waals surface area contributed by atoms with Crippen LogP contribution in [-0.4, -0.2) is 26.3 Å². The number of methoxy groups -OCH3 is 1. The first-order valence-corrected chi connectivity index (χ1v) is 6.35. The molecule has 1 N–H and O–H groups in total. The SMILES string of the molecule is CCNC(CCOC)Cc1ccc(C(F)(F)F)cc1. The van der Waals surface area contributed by atoms with Gasteiger partial charge in [-0.1, -0.05) is 19.1 Å². The maximum absolute atomic E-state index is 12.4. The smallest absolute Gasteiger partial charge is 0.385 e. The highest BCUT2D eigenvalue weighted by molar-refractivity contribution is 5.25. The van der Waals surface area contributed by atoms with E-state index in [9.17, 15) is 13.2 Å². The molecule has 0 aliphatic heterocycles. The monoisotopic (exact) mass is 275 g/mol. The minimum atomic E-state index is -4.27. The molecule has 0 aliphatic carbocycles. The number of halogens is 3. The van der Waals surface area contributed by atoms with E-state index in [0.29, 0.717) is 13.0 Å². The Morgan fingerprint density at radius 3 is 2.32 bits per heavy atom. The zero-order chi connectivity index (χ0) is 14.3. The Hall–Kier alpha value is -1.07. The van der Waals surface area contributed by atoms with Crippen LogP contribution in [0.3, 0.4) is 0 Å². The van der Waals surface area contributed by atoms with Crippen molar-refractivity contribution in [1.29, 1.82) is 0 Å². The summed E-state index contributed by atoms with van der Waals surface area (Å²) < 4.78 is 42.4. The fraction of sp³-hybridized carbons (Fsp3) is 0.571. The number of hydrogen-bond acceptors (Lipinski definition) is 2. The average molecular weight is 275 g/mol. The quantitative estimate of drug-likeness (QED) is 0.824. The highest BCUT2D eigenvalue weighted by Crippen LogP contribution is 2.29. The third-order valence-corrected chi connectivity index (χ3v) is 2.93. The molecular weight excluding hydrogens is 255 g/mol. The summed E-state index contributed by atoms with van der Waals surface area (Å²) >= 11 is 0. The lowest BCUT2D eigenvalue weighted by Crippen LogP contribution is -2.32. The third-order valence-electron chi connectivity index (χ3n) is 2.93. The van der Waals surface area contributed by atoms with Gasteiger partial charge in [-0.2, -0.15) is 13.2 Å². The van der Waals surface area contributed by atoms with Gasteiger partial charge in [-0.25, -0.2) is 0 Å². The number of likely N-dealkylation sites (N-methyl/N-ethyl adjacent to an activating group) is 1. The van der Waals surface area contributed by atoms with Gasteiger partial charge in [0.2, 0.25) is 0 Å². The molecule has 0 saturated carbocycles. The van der Waals surface area contributed by atoms with E-state index < -0.39 is 11.7 Å². The maximum atomic E-state index is 12.4. The van der Waals surface area contributed by atoms with Crippen LogP contribution in [0.5, 0.6) is 0 Å². The van der Waals surface area contributed by atoms with Crippen molar-refractivity contribution in [2.75, 3.05) is 20.3 Å². The summed E-state index contributed by atoms with van der Waals surface area (Å²) in [6.07, 6.45) is -2.73. The Labute approximate surface area is 112 Å². The van der Waals surface area contributed by atoms with Gasteiger partial charge in [0.15, 0.2) is 0 Å². The number of ether oxygens (including phenoxy) is 1. The summed E-state index contributed by atoms with van der Waals surface area (Å²) in [5, 5.41) is 3.31. The molecule has 1 aromatic carbocycles. The third kappa shape index (κ3) is 5.61. The van der Waals surface area contributed by atoms with Crippen molar-refractivity contribution in [3.8, 4) is 0 Å². The van der Waals surface area contributed by atoms with Gasteiger partial charge in [0.25, 0.3) is 0 Å². The molecule has 0 heterocycles. The predicted molar refractivity (Wildman–Crippen MR) is 69.1 cm³/mol. The lowest BCUT2D eigenvalue weighted by Gasteiger charge is -2.18. The Balaban J connectivity index is 2.64. The van der Waals surface area contributed by atoms with Crippen LogP contribution >= 0.6 is 0 Å². The molecule has 0 aliphatic rings. The van der Waals surface area contributed by atoms with Crippen LogP contribution in [0.25, 0.3) is 0 Å². The summed E-state index contributed by atoms with van der Waals surface area (Å²) in [7, 11) is 1.64. The van der Waals surface area contributed by atoms with E-state index in [4.69, 9.17) is 4.74 Å². The fourth-order valence-corrected chi connectivity index (χ4v) is 1.94. The summed E-state index contributed by atoms with van der Waals surface area (Å²) in [5.74, 6) is 0. The second-order valence-electron chi connectivity index (χ2n) is 4.43. The van der Waals surface area contributed by atoms with Gasteiger partial charge >= 0.3 is 6.18 Å². The molecule has 0 bridgehead atoms. The molecule has 0 saturated heterocycles. The number of benzene rings is 1. The van der Waals surface area contributed by atoms with Crippen molar-refractivity contribution in [3.63, 3.8) is 0 Å². The highest BCUT2D eigenvalue weighted by Gasteiger charge is 2.29. The molecule has 0 amide bonds. The van der Waals surface area contributed by atoms with E-state index in [1.165, 1.54) is 0 Å². The Kier molecular flexibility index (Phi) is 6.31. The Bertz CT molecular complexity index is 362. The standard InChI is InChI=1S/C14H20F3NO/c1-3-18-13(8-9-19-2)10-11-4-6-12(7-5-11)14(15,16)17/h4-7,13,18H,3,8-10H2,1-2H3. The summed E-state index contributed by atoms with van der Waals surface area (Å²) in [5.41, 5.74) is 0.295. The van der Waals surface area contributed by atoms with E-state index in [1.807, 2.05) is 6.92 Å². The largest absolute Gasteiger partial charge is 0.416 e. The van der Waals surface area contributed by atoms with Crippen LogP contribution in [0.4, 0.5) is 13.2 Å². The lowest BCUT2D eigenvalue weighted by atomic mass is 10.0. The average Bonchev–Trinajstić information content (AvgIpc) is 2.36. The molecular formula is C14H20F3NO. The van der Waals surface area contributed by atoms with Gasteiger partial charge in [0, 0.05) is 19.8 Å². The zero-order valence-electron chi connectivity index (χ0n) is 11.3. The summed E-state index contributed by atoms with van der Waals surface area (Å²) in [4.78, 5) is 0. The van der Waals surface area contributed by atoms with E-state index in [1.54, 1.807) is 19.2 Å². The van der Waals surface area contributed by atoms with Crippen LogP contribution in [0.1, 0.15) is 24.5 Å². The number of hydrogen-bond donors (Lipinski definition) is 1. The molecule has 108 valence electrons. The topological polar surface area (TPSA) is 21.3 Å². The number of alkyl halides is 3. The summed E-state index contributed by atoms with van der Waals surface area (Å²) in [6, 6.07) is 5.57. The molecule has 1 aromatic rings. The minimum Gasteiger partial charge on any atom is -0.385 e. The molecule has 19 heavy (non-hydrogen) atoms. The van der Waals surface area contributed by atoms with Crippen molar-refractivity contribution in [2.45, 2.75) is 32.0 Å². The Morgan fingerprint density at radius 2 is 1.84 bits per heavy atom. The highest BCUT2D eigenvalue weighted by atomic mass is 19.4. The fourth-order valence-electron chi connectivity index (χ4n) is 1.94. The van der Waals surface area contributed by atoms with E-state index in [-0.39, 0.29) is 6.04 Å². The van der Waals surface area contributed by atoms with Crippen LogP contribution in [0.15, 0.2) is 24.3 Å². The molecule has 0 spiro atoms. The zero-order valence-corrected chi connectivity index (χ0v) is 11.3. The van der Waals surface area contributed by atoms with E-state index in [2.05, 4.69) is 5.32 Å². The molecule has 0 radical (unpaired) electrons. The van der Waals surface area contributed by atoms with E-state index >= 15 is 0 Å². The summed E-state index contributed by atoms with van der Waals surface area (Å²) in [6.45, 7) is 3.47. The first-order valence-electron chi connectivity index (χ1n) is 6.35. The van der Waals surface area contributed by atoms with Crippen molar-refractivity contribution in [3.05, 3.63) is 35.4 Å². The van der Waals surface area contributed by atoms with Crippen molar-refractivity contribution < 1.29 is 17.9 Å². The second-order valence-corrected chi connectivity index (χ2v) is 4.43. The van der Waals surface area contributed by atoms with Crippen molar-refractivity contribution in [1.82, 2.24) is 5.32 Å². The normalized spacial score (nSPS) is 13.5. The molecule has 5 heteroatoms. The van der Waals surface area contributed by atoms with Crippen LogP contribution in [0, 0.1) is 0 Å². The molecule has 2 nitrogen and oxygen atoms in total. The van der Waals surface area contributed by atoms with Gasteiger partial charge in [-0.05, 0) is 37.1 Å². The molecule has 1 unspecified atom stereocenters. The second kappa shape index (κ2) is 7.50. The van der Waals surface area contributed by atoms with Crippen LogP contribution in [-0.2, 0) is 17.3 Å². The van der Waals surface area contributed by atoms with Gasteiger partial charge in [-0.3, -0.25) is 0 Å². The molecule has 1 rings (SSSR count).